The minimum atomic E-state index is -0.832. The van der Waals surface area contributed by atoms with E-state index in [0.717, 1.165) is 11.1 Å². The molecule has 1 heterocycles. The maximum Gasteiger partial charge on any atom is 0.308 e. The minimum absolute atomic E-state index is 0.0852. The second-order valence-corrected chi connectivity index (χ2v) is 5.34. The number of nitrogens with zero attached hydrogens (tertiary/aromatic N) is 1. The summed E-state index contributed by atoms with van der Waals surface area (Å²) in [4.78, 5) is 23.2. The van der Waals surface area contributed by atoms with Crippen LogP contribution in [0.25, 0.3) is 10.1 Å². The molecule has 1 N–H and O–H groups in total. The summed E-state index contributed by atoms with van der Waals surface area (Å²) in [6.07, 6.45) is 1.40. The van der Waals surface area contributed by atoms with E-state index in [-0.39, 0.29) is 12.1 Å². The SMILES string of the molecule is CCCC(Cn1sc2ccccc2c1=O)C(=O)O. The highest BCUT2D eigenvalue weighted by molar-refractivity contribution is 7.13. The molecule has 18 heavy (non-hydrogen) atoms. The molecular weight excluding hydrogens is 250 g/mol. The van der Waals surface area contributed by atoms with Crippen molar-refractivity contribution in [2.75, 3.05) is 0 Å². The minimum Gasteiger partial charge on any atom is -0.481 e. The number of carboxylic acid groups (broad SMARTS) is 1. The molecule has 1 unspecified atom stereocenters. The molecule has 0 bridgehead atoms. The van der Waals surface area contributed by atoms with Crippen molar-refractivity contribution >= 4 is 27.6 Å². The Morgan fingerprint density at radius 3 is 2.78 bits per heavy atom. The first-order valence-electron chi connectivity index (χ1n) is 5.95. The van der Waals surface area contributed by atoms with Gasteiger partial charge in [0.25, 0.3) is 5.56 Å². The highest BCUT2D eigenvalue weighted by atomic mass is 32.1. The van der Waals surface area contributed by atoms with E-state index in [1.807, 2.05) is 25.1 Å². The Labute approximate surface area is 109 Å². The fourth-order valence-electron chi connectivity index (χ4n) is 1.98. The average molecular weight is 265 g/mol. The predicted octanol–water partition coefficient (Wildman–Crippen LogP) is 2.56. The number of carbonyl (C=O) groups is 1. The van der Waals surface area contributed by atoms with Gasteiger partial charge in [-0.3, -0.25) is 13.5 Å². The highest BCUT2D eigenvalue weighted by Gasteiger charge is 2.19. The summed E-state index contributed by atoms with van der Waals surface area (Å²) in [7, 11) is 0. The van der Waals surface area contributed by atoms with E-state index >= 15 is 0 Å². The van der Waals surface area contributed by atoms with Crippen LogP contribution < -0.4 is 5.56 Å². The van der Waals surface area contributed by atoms with Crippen LogP contribution in [-0.4, -0.2) is 15.0 Å². The molecule has 0 aliphatic heterocycles. The Bertz CT molecular complexity index is 614. The van der Waals surface area contributed by atoms with Crippen LogP contribution in [0.5, 0.6) is 0 Å². The van der Waals surface area contributed by atoms with Crippen LogP contribution in [0.3, 0.4) is 0 Å². The Balaban J connectivity index is 2.33. The van der Waals surface area contributed by atoms with Gasteiger partial charge in [-0.25, -0.2) is 0 Å². The van der Waals surface area contributed by atoms with Gasteiger partial charge in [-0.05, 0) is 18.6 Å². The molecule has 0 spiro atoms. The maximum atomic E-state index is 12.1. The normalized spacial score (nSPS) is 12.7. The quantitative estimate of drug-likeness (QED) is 0.903. The molecule has 2 aromatic rings. The van der Waals surface area contributed by atoms with Gasteiger partial charge in [-0.1, -0.05) is 37.0 Å². The lowest BCUT2D eigenvalue weighted by Gasteiger charge is -2.10. The summed E-state index contributed by atoms with van der Waals surface area (Å²) in [6.45, 7) is 2.21. The van der Waals surface area contributed by atoms with Crippen LogP contribution in [-0.2, 0) is 11.3 Å². The summed E-state index contributed by atoms with van der Waals surface area (Å²) in [5.41, 5.74) is -0.0852. The predicted molar refractivity (Wildman–Crippen MR) is 72.1 cm³/mol. The summed E-state index contributed by atoms with van der Waals surface area (Å²) in [5, 5.41) is 9.79. The lowest BCUT2D eigenvalue weighted by atomic mass is 10.0. The van der Waals surface area contributed by atoms with Gasteiger partial charge >= 0.3 is 5.97 Å². The Kier molecular flexibility index (Phi) is 3.81. The van der Waals surface area contributed by atoms with Gasteiger partial charge in [0, 0.05) is 6.54 Å². The molecular formula is C13H15NO3S. The van der Waals surface area contributed by atoms with E-state index in [0.29, 0.717) is 11.8 Å². The van der Waals surface area contributed by atoms with Gasteiger partial charge in [-0.2, -0.15) is 0 Å². The molecule has 0 amide bonds. The van der Waals surface area contributed by atoms with Crippen molar-refractivity contribution in [3.63, 3.8) is 0 Å². The fourth-order valence-corrected chi connectivity index (χ4v) is 3.05. The number of aromatic nitrogens is 1. The number of aliphatic carboxylic acids is 1. The molecule has 5 heteroatoms. The van der Waals surface area contributed by atoms with Crippen LogP contribution in [0.15, 0.2) is 29.1 Å². The zero-order chi connectivity index (χ0) is 13.1. The zero-order valence-electron chi connectivity index (χ0n) is 10.1. The largest absolute Gasteiger partial charge is 0.481 e. The Morgan fingerprint density at radius 1 is 1.44 bits per heavy atom. The van der Waals surface area contributed by atoms with E-state index in [1.165, 1.54) is 11.5 Å². The second-order valence-electron chi connectivity index (χ2n) is 4.28. The lowest BCUT2D eigenvalue weighted by molar-refractivity contribution is -0.142. The third kappa shape index (κ3) is 2.46. The molecule has 0 fully saturated rings. The summed E-state index contributed by atoms with van der Waals surface area (Å²) < 4.78 is 2.46. The highest BCUT2D eigenvalue weighted by Crippen LogP contribution is 2.18. The van der Waals surface area contributed by atoms with Crippen LogP contribution in [0.2, 0.25) is 0 Å². The lowest BCUT2D eigenvalue weighted by Crippen LogP contribution is -2.24. The standard InChI is InChI=1S/C13H15NO3S/c1-2-5-9(13(16)17)8-14-12(15)10-6-3-4-7-11(10)18-14/h3-4,6-7,9H,2,5,8H2,1H3,(H,16,17). The van der Waals surface area contributed by atoms with Gasteiger partial charge in [-0.15, -0.1) is 0 Å². The Morgan fingerprint density at radius 2 is 2.17 bits per heavy atom. The molecule has 2 rings (SSSR count). The molecule has 1 aromatic carbocycles. The molecule has 1 aromatic heterocycles. The number of hydrogen-bond donors (Lipinski definition) is 1. The number of benzene rings is 1. The monoisotopic (exact) mass is 265 g/mol. The van der Waals surface area contributed by atoms with Crippen molar-refractivity contribution in [2.45, 2.75) is 26.3 Å². The summed E-state index contributed by atoms with van der Waals surface area (Å²) >= 11 is 1.34. The van der Waals surface area contributed by atoms with Crippen LogP contribution in [0.1, 0.15) is 19.8 Å². The van der Waals surface area contributed by atoms with Crippen molar-refractivity contribution in [2.24, 2.45) is 5.92 Å². The maximum absolute atomic E-state index is 12.1. The van der Waals surface area contributed by atoms with Crippen molar-refractivity contribution in [1.29, 1.82) is 0 Å². The van der Waals surface area contributed by atoms with Crippen molar-refractivity contribution in [3.05, 3.63) is 34.6 Å². The summed E-state index contributed by atoms with van der Waals surface area (Å²) in [6, 6.07) is 7.36. The van der Waals surface area contributed by atoms with Crippen molar-refractivity contribution < 1.29 is 9.90 Å². The Hall–Kier alpha value is -1.62. The number of rotatable bonds is 5. The molecule has 0 saturated carbocycles. The number of carboxylic acids is 1. The van der Waals surface area contributed by atoms with Crippen molar-refractivity contribution in [3.8, 4) is 0 Å². The van der Waals surface area contributed by atoms with E-state index in [1.54, 1.807) is 10.0 Å². The molecule has 96 valence electrons. The average Bonchev–Trinajstić information content (AvgIpc) is 2.66. The molecule has 4 nitrogen and oxygen atoms in total. The first-order valence-corrected chi connectivity index (χ1v) is 6.72. The topological polar surface area (TPSA) is 59.3 Å². The third-order valence-corrected chi connectivity index (χ3v) is 4.01. The zero-order valence-corrected chi connectivity index (χ0v) is 10.9. The van der Waals surface area contributed by atoms with Crippen LogP contribution in [0.4, 0.5) is 0 Å². The molecule has 0 radical (unpaired) electrons. The number of hydrogen-bond acceptors (Lipinski definition) is 3. The van der Waals surface area contributed by atoms with Crippen LogP contribution >= 0.6 is 11.5 Å². The van der Waals surface area contributed by atoms with Gasteiger partial charge in [0.2, 0.25) is 0 Å². The van der Waals surface area contributed by atoms with Gasteiger partial charge in [0.1, 0.15) is 0 Å². The molecule has 1 atom stereocenters. The van der Waals surface area contributed by atoms with Gasteiger partial charge in [0.15, 0.2) is 0 Å². The first-order chi connectivity index (χ1) is 8.63. The first kappa shape index (κ1) is 12.8. The van der Waals surface area contributed by atoms with E-state index in [2.05, 4.69) is 0 Å². The molecule has 0 aliphatic carbocycles. The fraction of sp³-hybridized carbons (Fsp3) is 0.385. The molecule has 0 aliphatic rings. The van der Waals surface area contributed by atoms with E-state index < -0.39 is 11.9 Å². The molecule has 0 saturated heterocycles. The van der Waals surface area contributed by atoms with E-state index in [4.69, 9.17) is 5.11 Å². The van der Waals surface area contributed by atoms with Gasteiger partial charge in [0.05, 0.1) is 16.0 Å². The third-order valence-electron chi connectivity index (χ3n) is 2.93. The van der Waals surface area contributed by atoms with E-state index in [9.17, 15) is 9.59 Å². The van der Waals surface area contributed by atoms with Gasteiger partial charge < -0.3 is 5.11 Å². The summed E-state index contributed by atoms with van der Waals surface area (Å²) in [5.74, 6) is -1.32. The second kappa shape index (κ2) is 5.35. The number of fused-ring (bicyclic) bond motifs is 1. The van der Waals surface area contributed by atoms with Crippen LogP contribution in [0, 0.1) is 5.92 Å². The smallest absolute Gasteiger partial charge is 0.308 e. The van der Waals surface area contributed by atoms with Crippen molar-refractivity contribution in [1.82, 2.24) is 3.96 Å².